The predicted molar refractivity (Wildman–Crippen MR) is 86.7 cm³/mol. The highest BCUT2D eigenvalue weighted by Gasteiger charge is 2.26. The second-order valence-corrected chi connectivity index (χ2v) is 7.88. The molecule has 2 N–H and O–H groups in total. The Balaban J connectivity index is 2.87. The molecule has 0 spiro atoms. The summed E-state index contributed by atoms with van der Waals surface area (Å²) < 4.78 is 29.6. The van der Waals surface area contributed by atoms with Gasteiger partial charge in [-0.05, 0) is 39.3 Å². The van der Waals surface area contributed by atoms with Gasteiger partial charge in [0.1, 0.15) is 0 Å². The quantitative estimate of drug-likeness (QED) is 0.688. The van der Waals surface area contributed by atoms with Crippen LogP contribution in [0.2, 0.25) is 0 Å². The minimum absolute atomic E-state index is 0.336. The summed E-state index contributed by atoms with van der Waals surface area (Å²) in [5.74, 6) is 0. The zero-order valence-corrected chi connectivity index (χ0v) is 14.7. The van der Waals surface area contributed by atoms with Crippen LogP contribution in [0.4, 0.5) is 0 Å². The van der Waals surface area contributed by atoms with Gasteiger partial charge < -0.3 is 9.88 Å². The van der Waals surface area contributed by atoms with Crippen molar-refractivity contribution in [2.75, 3.05) is 6.54 Å². The fourth-order valence-electron chi connectivity index (χ4n) is 2.39. The van der Waals surface area contributed by atoms with Crippen LogP contribution in [-0.2, 0) is 23.6 Å². The lowest BCUT2D eigenvalue weighted by molar-refractivity contribution is 0.417. The molecule has 122 valence electrons. The Bertz CT molecular complexity index is 547. The van der Waals surface area contributed by atoms with Crippen molar-refractivity contribution in [3.8, 4) is 0 Å². The average Bonchev–Trinajstić information content (AvgIpc) is 2.71. The smallest absolute Gasteiger partial charge is 0.242 e. The molecule has 21 heavy (non-hydrogen) atoms. The SMILES string of the molecule is CCCNCc1cc(S(=O)(=O)NC(C)(C)CCC)cn1C. The molecule has 1 rings (SSSR count). The van der Waals surface area contributed by atoms with E-state index in [4.69, 9.17) is 0 Å². The second kappa shape index (κ2) is 7.42. The van der Waals surface area contributed by atoms with E-state index in [2.05, 4.69) is 23.9 Å². The normalized spacial score (nSPS) is 12.8. The Kier molecular flexibility index (Phi) is 6.43. The number of aromatic nitrogens is 1. The monoisotopic (exact) mass is 315 g/mol. The number of hydrogen-bond donors (Lipinski definition) is 2. The van der Waals surface area contributed by atoms with Crippen LogP contribution in [0.25, 0.3) is 0 Å². The first kappa shape index (κ1) is 18.2. The van der Waals surface area contributed by atoms with Crippen molar-refractivity contribution in [3.63, 3.8) is 0 Å². The van der Waals surface area contributed by atoms with E-state index in [9.17, 15) is 8.42 Å². The maximum absolute atomic E-state index is 12.5. The van der Waals surface area contributed by atoms with Crippen molar-refractivity contribution in [2.24, 2.45) is 7.05 Å². The number of rotatable bonds is 9. The Morgan fingerprint density at radius 1 is 1.24 bits per heavy atom. The summed E-state index contributed by atoms with van der Waals surface area (Å²) in [7, 11) is -1.60. The molecular formula is C15H29N3O2S. The molecule has 0 aromatic carbocycles. The lowest BCUT2D eigenvalue weighted by Gasteiger charge is -2.25. The summed E-state index contributed by atoms with van der Waals surface area (Å²) in [5, 5.41) is 3.29. The number of nitrogens with zero attached hydrogens (tertiary/aromatic N) is 1. The van der Waals surface area contributed by atoms with Gasteiger partial charge in [-0.25, -0.2) is 13.1 Å². The lowest BCUT2D eigenvalue weighted by atomic mass is 10.0. The van der Waals surface area contributed by atoms with E-state index in [0.29, 0.717) is 11.4 Å². The topological polar surface area (TPSA) is 63.1 Å². The minimum Gasteiger partial charge on any atom is -0.352 e. The molecule has 0 aliphatic carbocycles. The van der Waals surface area contributed by atoms with Crippen molar-refractivity contribution in [2.45, 2.75) is 63.9 Å². The van der Waals surface area contributed by atoms with Crippen LogP contribution in [0.5, 0.6) is 0 Å². The molecule has 1 aromatic rings. The Labute approximate surface area is 129 Å². The fourth-order valence-corrected chi connectivity index (χ4v) is 3.93. The lowest BCUT2D eigenvalue weighted by Crippen LogP contribution is -2.43. The molecule has 0 radical (unpaired) electrons. The van der Waals surface area contributed by atoms with Crippen LogP contribution in [0, 0.1) is 0 Å². The highest BCUT2D eigenvalue weighted by molar-refractivity contribution is 7.89. The zero-order valence-electron chi connectivity index (χ0n) is 13.9. The van der Waals surface area contributed by atoms with E-state index < -0.39 is 15.6 Å². The van der Waals surface area contributed by atoms with Gasteiger partial charge in [0.25, 0.3) is 0 Å². The maximum atomic E-state index is 12.5. The molecule has 0 atom stereocenters. The van der Waals surface area contributed by atoms with Crippen LogP contribution in [0.15, 0.2) is 17.2 Å². The zero-order chi connectivity index (χ0) is 16.1. The number of aryl methyl sites for hydroxylation is 1. The van der Waals surface area contributed by atoms with Crippen molar-refractivity contribution in [1.82, 2.24) is 14.6 Å². The maximum Gasteiger partial charge on any atom is 0.242 e. The molecule has 5 nitrogen and oxygen atoms in total. The minimum atomic E-state index is -3.47. The van der Waals surface area contributed by atoms with Gasteiger partial charge in [-0.15, -0.1) is 0 Å². The summed E-state index contributed by atoms with van der Waals surface area (Å²) in [6, 6.07) is 1.74. The highest BCUT2D eigenvalue weighted by Crippen LogP contribution is 2.18. The van der Waals surface area contributed by atoms with Crippen molar-refractivity contribution >= 4 is 10.0 Å². The van der Waals surface area contributed by atoms with E-state index in [1.807, 2.05) is 25.5 Å². The molecule has 1 heterocycles. The third-order valence-electron chi connectivity index (χ3n) is 3.41. The Morgan fingerprint density at radius 3 is 2.48 bits per heavy atom. The van der Waals surface area contributed by atoms with E-state index in [1.165, 1.54) is 0 Å². The van der Waals surface area contributed by atoms with E-state index in [-0.39, 0.29) is 0 Å². The van der Waals surface area contributed by atoms with Crippen molar-refractivity contribution in [3.05, 3.63) is 18.0 Å². The van der Waals surface area contributed by atoms with Gasteiger partial charge >= 0.3 is 0 Å². The first-order valence-corrected chi connectivity index (χ1v) is 9.10. The highest BCUT2D eigenvalue weighted by atomic mass is 32.2. The molecule has 0 aliphatic rings. The first-order chi connectivity index (χ1) is 9.72. The second-order valence-electron chi connectivity index (χ2n) is 6.19. The van der Waals surface area contributed by atoms with Gasteiger partial charge in [-0.1, -0.05) is 20.3 Å². The third-order valence-corrected chi connectivity index (χ3v) is 5.08. The van der Waals surface area contributed by atoms with Gasteiger partial charge in [-0.3, -0.25) is 0 Å². The van der Waals surface area contributed by atoms with Crippen LogP contribution in [0.3, 0.4) is 0 Å². The summed E-state index contributed by atoms with van der Waals surface area (Å²) >= 11 is 0. The molecule has 0 saturated heterocycles. The molecular weight excluding hydrogens is 286 g/mol. The van der Waals surface area contributed by atoms with Crippen LogP contribution in [0.1, 0.15) is 52.7 Å². The molecule has 6 heteroatoms. The Hall–Kier alpha value is -0.850. The van der Waals surface area contributed by atoms with Crippen LogP contribution < -0.4 is 10.0 Å². The Morgan fingerprint density at radius 2 is 1.90 bits per heavy atom. The molecule has 1 aromatic heterocycles. The molecule has 0 saturated carbocycles. The van der Waals surface area contributed by atoms with E-state index >= 15 is 0 Å². The first-order valence-electron chi connectivity index (χ1n) is 7.62. The van der Waals surface area contributed by atoms with Crippen molar-refractivity contribution < 1.29 is 8.42 Å². The van der Waals surface area contributed by atoms with Gasteiger partial charge in [0.05, 0.1) is 4.90 Å². The summed E-state index contributed by atoms with van der Waals surface area (Å²) in [5.41, 5.74) is 0.543. The van der Waals surface area contributed by atoms with Crippen molar-refractivity contribution in [1.29, 1.82) is 0 Å². The van der Waals surface area contributed by atoms with E-state index in [0.717, 1.165) is 31.5 Å². The largest absolute Gasteiger partial charge is 0.352 e. The number of hydrogen-bond acceptors (Lipinski definition) is 3. The van der Waals surface area contributed by atoms with Gasteiger partial charge in [0.15, 0.2) is 0 Å². The van der Waals surface area contributed by atoms with Gasteiger partial charge in [0, 0.05) is 31.0 Å². The number of nitrogens with one attached hydrogen (secondary N) is 2. The van der Waals surface area contributed by atoms with Crippen LogP contribution in [-0.4, -0.2) is 25.1 Å². The molecule has 0 aliphatic heterocycles. The summed E-state index contributed by atoms with van der Waals surface area (Å²) in [4.78, 5) is 0.336. The summed E-state index contributed by atoms with van der Waals surface area (Å²) in [6.45, 7) is 9.60. The number of sulfonamides is 1. The van der Waals surface area contributed by atoms with Crippen LogP contribution >= 0.6 is 0 Å². The third kappa shape index (κ3) is 5.45. The predicted octanol–water partition coefficient (Wildman–Crippen LogP) is 2.38. The van der Waals surface area contributed by atoms with E-state index in [1.54, 1.807) is 12.3 Å². The summed E-state index contributed by atoms with van der Waals surface area (Å²) in [6.07, 6.45) is 4.48. The van der Waals surface area contributed by atoms with Gasteiger partial charge in [0.2, 0.25) is 10.0 Å². The molecule has 0 amide bonds. The standard InChI is InChI=1S/C15H29N3O2S/c1-6-8-15(3,4)17-21(19,20)14-10-13(18(5)12-14)11-16-9-7-2/h10,12,16-17H,6-9,11H2,1-5H3. The molecule has 0 unspecified atom stereocenters. The van der Waals surface area contributed by atoms with Gasteiger partial charge in [-0.2, -0.15) is 0 Å². The average molecular weight is 315 g/mol. The molecule has 0 fully saturated rings. The fraction of sp³-hybridized carbons (Fsp3) is 0.733. The molecule has 0 bridgehead atoms.